The van der Waals surface area contributed by atoms with Gasteiger partial charge in [0, 0.05) is 18.5 Å². The molecule has 1 aliphatic heterocycles. The standard InChI is InChI=1S/C12H17N3O4S/c1-8(10(16)15-3-5-19-6-4-15)13-12-14-9(7-20-12)11(17)18-2/h7-8H,3-6H2,1-2H3,(H,13,14). The average molecular weight is 299 g/mol. The molecule has 1 fully saturated rings. The number of carbonyl (C=O) groups is 2. The van der Waals surface area contributed by atoms with Crippen molar-refractivity contribution in [2.24, 2.45) is 0 Å². The highest BCUT2D eigenvalue weighted by Crippen LogP contribution is 2.17. The highest BCUT2D eigenvalue weighted by atomic mass is 32.1. The molecule has 1 aliphatic rings. The van der Waals surface area contributed by atoms with Crippen molar-refractivity contribution in [1.29, 1.82) is 0 Å². The van der Waals surface area contributed by atoms with Gasteiger partial charge in [0.2, 0.25) is 5.91 Å². The molecule has 0 aromatic carbocycles. The summed E-state index contributed by atoms with van der Waals surface area (Å²) in [5, 5.41) is 5.13. The first kappa shape index (κ1) is 14.7. The van der Waals surface area contributed by atoms with E-state index in [9.17, 15) is 9.59 Å². The summed E-state index contributed by atoms with van der Waals surface area (Å²) in [6.45, 7) is 4.13. The van der Waals surface area contributed by atoms with Crippen LogP contribution in [0.1, 0.15) is 17.4 Å². The number of methoxy groups -OCH3 is 1. The molecule has 1 aromatic rings. The van der Waals surface area contributed by atoms with E-state index < -0.39 is 12.0 Å². The fourth-order valence-corrected chi connectivity index (χ4v) is 2.61. The van der Waals surface area contributed by atoms with Crippen LogP contribution < -0.4 is 5.32 Å². The fourth-order valence-electron chi connectivity index (χ4n) is 1.84. The molecule has 0 spiro atoms. The van der Waals surface area contributed by atoms with Crippen molar-refractivity contribution >= 4 is 28.3 Å². The van der Waals surface area contributed by atoms with Crippen molar-refractivity contribution in [3.8, 4) is 0 Å². The quantitative estimate of drug-likeness (QED) is 0.820. The summed E-state index contributed by atoms with van der Waals surface area (Å²) in [5.74, 6) is -0.482. The summed E-state index contributed by atoms with van der Waals surface area (Å²) >= 11 is 1.27. The van der Waals surface area contributed by atoms with E-state index in [1.54, 1.807) is 17.2 Å². The van der Waals surface area contributed by atoms with Crippen LogP contribution in [0.15, 0.2) is 5.38 Å². The molecule has 0 saturated carbocycles. The van der Waals surface area contributed by atoms with Gasteiger partial charge in [0.25, 0.3) is 0 Å². The van der Waals surface area contributed by atoms with Gasteiger partial charge in [-0.3, -0.25) is 4.79 Å². The minimum atomic E-state index is -0.485. The largest absolute Gasteiger partial charge is 0.464 e. The monoisotopic (exact) mass is 299 g/mol. The van der Waals surface area contributed by atoms with Crippen molar-refractivity contribution in [2.45, 2.75) is 13.0 Å². The molecule has 7 nitrogen and oxygen atoms in total. The zero-order valence-electron chi connectivity index (χ0n) is 11.4. The molecule has 20 heavy (non-hydrogen) atoms. The van der Waals surface area contributed by atoms with Gasteiger partial charge < -0.3 is 19.7 Å². The molecule has 0 aliphatic carbocycles. The minimum absolute atomic E-state index is 0.00289. The predicted octanol–water partition coefficient (Wildman–Crippen LogP) is 0.589. The van der Waals surface area contributed by atoms with Crippen LogP contribution in [0.2, 0.25) is 0 Å². The summed E-state index contributed by atoms with van der Waals surface area (Å²) in [7, 11) is 1.30. The van der Waals surface area contributed by atoms with Crippen LogP contribution in [-0.2, 0) is 14.3 Å². The molecule has 1 amide bonds. The first-order chi connectivity index (χ1) is 9.61. The van der Waals surface area contributed by atoms with E-state index in [1.807, 2.05) is 0 Å². The number of aromatic nitrogens is 1. The highest BCUT2D eigenvalue weighted by molar-refractivity contribution is 7.13. The van der Waals surface area contributed by atoms with E-state index in [-0.39, 0.29) is 11.6 Å². The maximum atomic E-state index is 12.2. The lowest BCUT2D eigenvalue weighted by Crippen LogP contribution is -2.46. The van der Waals surface area contributed by atoms with E-state index in [0.29, 0.717) is 31.4 Å². The molecular weight excluding hydrogens is 282 g/mol. The Balaban J connectivity index is 1.93. The average Bonchev–Trinajstić information content (AvgIpc) is 2.95. The van der Waals surface area contributed by atoms with Crippen molar-refractivity contribution in [2.75, 3.05) is 38.7 Å². The van der Waals surface area contributed by atoms with Crippen LogP contribution in [0.5, 0.6) is 0 Å². The molecule has 0 bridgehead atoms. The van der Waals surface area contributed by atoms with Crippen molar-refractivity contribution < 1.29 is 19.1 Å². The Hall–Kier alpha value is -1.67. The second-order valence-corrected chi connectivity index (χ2v) is 5.19. The van der Waals surface area contributed by atoms with Gasteiger partial charge in [-0.1, -0.05) is 0 Å². The summed E-state index contributed by atoms with van der Waals surface area (Å²) in [6, 6.07) is -0.398. The third-order valence-electron chi connectivity index (χ3n) is 2.93. The third kappa shape index (κ3) is 3.45. The topological polar surface area (TPSA) is 80.8 Å². The molecule has 1 aromatic heterocycles. The molecule has 1 N–H and O–H groups in total. The van der Waals surface area contributed by atoms with E-state index in [1.165, 1.54) is 18.4 Å². The second-order valence-electron chi connectivity index (χ2n) is 4.33. The lowest BCUT2D eigenvalue weighted by molar-refractivity contribution is -0.135. The SMILES string of the molecule is COC(=O)c1csc(NC(C)C(=O)N2CCOCC2)n1. The van der Waals surface area contributed by atoms with E-state index >= 15 is 0 Å². The normalized spacial score (nSPS) is 16.6. The van der Waals surface area contributed by atoms with E-state index in [4.69, 9.17) is 4.74 Å². The zero-order chi connectivity index (χ0) is 14.5. The lowest BCUT2D eigenvalue weighted by Gasteiger charge is -2.29. The maximum Gasteiger partial charge on any atom is 0.357 e. The number of carbonyl (C=O) groups excluding carboxylic acids is 2. The molecule has 110 valence electrons. The summed E-state index contributed by atoms with van der Waals surface area (Å²) in [5.41, 5.74) is 0.242. The molecule has 1 unspecified atom stereocenters. The van der Waals surface area contributed by atoms with Crippen LogP contribution in [0.4, 0.5) is 5.13 Å². The number of amides is 1. The van der Waals surface area contributed by atoms with Gasteiger partial charge in [0.1, 0.15) is 6.04 Å². The van der Waals surface area contributed by atoms with Gasteiger partial charge in [0.15, 0.2) is 10.8 Å². The molecule has 1 atom stereocenters. The van der Waals surface area contributed by atoms with Crippen LogP contribution >= 0.6 is 11.3 Å². The number of esters is 1. The number of morpholine rings is 1. The number of nitrogens with zero attached hydrogens (tertiary/aromatic N) is 2. The lowest BCUT2D eigenvalue weighted by atomic mass is 10.2. The Morgan fingerprint density at radius 2 is 2.20 bits per heavy atom. The van der Waals surface area contributed by atoms with E-state index in [2.05, 4.69) is 15.0 Å². The van der Waals surface area contributed by atoms with Crippen molar-refractivity contribution in [1.82, 2.24) is 9.88 Å². The molecule has 1 saturated heterocycles. The Morgan fingerprint density at radius 1 is 1.50 bits per heavy atom. The Bertz CT molecular complexity index is 485. The van der Waals surface area contributed by atoms with Crippen LogP contribution in [0.25, 0.3) is 0 Å². The molecule has 8 heteroatoms. The fraction of sp³-hybridized carbons (Fsp3) is 0.583. The number of rotatable bonds is 4. The number of hydrogen-bond acceptors (Lipinski definition) is 7. The van der Waals surface area contributed by atoms with Gasteiger partial charge in [-0.05, 0) is 6.92 Å². The van der Waals surface area contributed by atoms with Crippen LogP contribution in [-0.4, -0.2) is 61.2 Å². The maximum absolute atomic E-state index is 12.2. The predicted molar refractivity (Wildman–Crippen MR) is 73.9 cm³/mol. The van der Waals surface area contributed by atoms with Gasteiger partial charge in [-0.15, -0.1) is 11.3 Å². The summed E-state index contributed by atoms with van der Waals surface area (Å²) in [4.78, 5) is 29.3. The number of nitrogens with one attached hydrogen (secondary N) is 1. The Labute approximate surface area is 120 Å². The van der Waals surface area contributed by atoms with Gasteiger partial charge in [-0.25, -0.2) is 9.78 Å². The van der Waals surface area contributed by atoms with Crippen molar-refractivity contribution in [3.05, 3.63) is 11.1 Å². The first-order valence-electron chi connectivity index (χ1n) is 6.28. The Kier molecular flexibility index (Phi) is 4.91. The number of ether oxygens (including phenoxy) is 2. The number of thiazole rings is 1. The van der Waals surface area contributed by atoms with Crippen LogP contribution in [0, 0.1) is 0 Å². The minimum Gasteiger partial charge on any atom is -0.464 e. The van der Waals surface area contributed by atoms with Crippen molar-refractivity contribution in [3.63, 3.8) is 0 Å². The molecule has 2 rings (SSSR count). The summed E-state index contributed by atoms with van der Waals surface area (Å²) in [6.07, 6.45) is 0. The highest BCUT2D eigenvalue weighted by Gasteiger charge is 2.23. The zero-order valence-corrected chi connectivity index (χ0v) is 12.2. The van der Waals surface area contributed by atoms with Gasteiger partial charge in [-0.2, -0.15) is 0 Å². The molecular formula is C12H17N3O4S. The first-order valence-corrected chi connectivity index (χ1v) is 7.16. The third-order valence-corrected chi connectivity index (χ3v) is 3.71. The Morgan fingerprint density at radius 3 is 2.85 bits per heavy atom. The second kappa shape index (κ2) is 6.67. The summed E-state index contributed by atoms with van der Waals surface area (Å²) < 4.78 is 9.80. The van der Waals surface area contributed by atoms with Gasteiger partial charge >= 0.3 is 5.97 Å². The molecule has 2 heterocycles. The number of anilines is 1. The molecule has 0 radical (unpaired) electrons. The smallest absolute Gasteiger partial charge is 0.357 e. The van der Waals surface area contributed by atoms with Gasteiger partial charge in [0.05, 0.1) is 20.3 Å². The van der Waals surface area contributed by atoms with Crippen LogP contribution in [0.3, 0.4) is 0 Å². The number of hydrogen-bond donors (Lipinski definition) is 1. The van der Waals surface area contributed by atoms with E-state index in [0.717, 1.165) is 0 Å².